The van der Waals surface area contributed by atoms with Gasteiger partial charge in [0, 0.05) is 4.47 Å². The van der Waals surface area contributed by atoms with Gasteiger partial charge in [0.15, 0.2) is 0 Å². The molecular formula is C26H17Br. The molecule has 0 aliphatic carbocycles. The second kappa shape index (κ2) is 6.68. The summed E-state index contributed by atoms with van der Waals surface area (Å²) in [6.45, 7) is 0. The molecule has 0 saturated heterocycles. The van der Waals surface area contributed by atoms with Crippen molar-refractivity contribution < 1.29 is 0 Å². The van der Waals surface area contributed by atoms with Gasteiger partial charge in [0.2, 0.25) is 0 Å². The smallest absolute Gasteiger partial charge is 0.0253 e. The van der Waals surface area contributed by atoms with E-state index in [1.807, 2.05) is 0 Å². The molecule has 5 aromatic carbocycles. The van der Waals surface area contributed by atoms with Crippen LogP contribution in [-0.4, -0.2) is 0 Å². The van der Waals surface area contributed by atoms with Crippen molar-refractivity contribution in [2.75, 3.05) is 0 Å². The molecule has 0 nitrogen and oxygen atoms in total. The van der Waals surface area contributed by atoms with Crippen molar-refractivity contribution in [3.8, 4) is 22.3 Å². The zero-order valence-electron chi connectivity index (χ0n) is 14.7. The Kier molecular flexibility index (Phi) is 4.03. The normalized spacial score (nSPS) is 11.1. The third-order valence-electron chi connectivity index (χ3n) is 5.14. The fourth-order valence-electron chi connectivity index (χ4n) is 3.85. The predicted octanol–water partition coefficient (Wildman–Crippen LogP) is 8.09. The highest BCUT2D eigenvalue weighted by Gasteiger charge is 2.08. The maximum Gasteiger partial charge on any atom is 0.0253 e. The van der Waals surface area contributed by atoms with Crippen LogP contribution < -0.4 is 0 Å². The average Bonchev–Trinajstić information content (AvgIpc) is 2.73. The number of benzene rings is 5. The maximum absolute atomic E-state index is 3.68. The standard InChI is InChI=1S/C26H17Br/c27-26-16-6-14-24-23(13-5-15-25(24)26)20-10-3-9-19(17-20)22-12-4-8-18-7-1-2-11-21(18)22/h1-17H. The van der Waals surface area contributed by atoms with E-state index in [2.05, 4.69) is 119 Å². The molecule has 0 heterocycles. The van der Waals surface area contributed by atoms with Crippen LogP contribution >= 0.6 is 15.9 Å². The Morgan fingerprint density at radius 3 is 1.85 bits per heavy atom. The van der Waals surface area contributed by atoms with Crippen LogP contribution in [0.5, 0.6) is 0 Å². The summed E-state index contributed by atoms with van der Waals surface area (Å²) in [7, 11) is 0. The lowest BCUT2D eigenvalue weighted by atomic mass is 9.93. The molecule has 5 aromatic rings. The molecule has 0 N–H and O–H groups in total. The Balaban J connectivity index is 1.73. The molecule has 0 spiro atoms. The Labute approximate surface area is 167 Å². The zero-order chi connectivity index (χ0) is 18.2. The molecule has 27 heavy (non-hydrogen) atoms. The number of hydrogen-bond acceptors (Lipinski definition) is 0. The summed E-state index contributed by atoms with van der Waals surface area (Å²) in [6.07, 6.45) is 0. The molecule has 0 aromatic heterocycles. The van der Waals surface area contributed by atoms with Gasteiger partial charge in [0.05, 0.1) is 0 Å². The first-order chi connectivity index (χ1) is 13.3. The highest BCUT2D eigenvalue weighted by atomic mass is 79.9. The Morgan fingerprint density at radius 2 is 1.00 bits per heavy atom. The second-order valence-electron chi connectivity index (χ2n) is 6.75. The third-order valence-corrected chi connectivity index (χ3v) is 5.83. The van der Waals surface area contributed by atoms with E-state index in [1.165, 1.54) is 43.8 Å². The predicted molar refractivity (Wildman–Crippen MR) is 120 cm³/mol. The van der Waals surface area contributed by atoms with E-state index in [1.54, 1.807) is 0 Å². The summed E-state index contributed by atoms with van der Waals surface area (Å²) < 4.78 is 1.13. The molecule has 0 fully saturated rings. The van der Waals surface area contributed by atoms with E-state index in [0.29, 0.717) is 0 Å². The molecule has 0 amide bonds. The van der Waals surface area contributed by atoms with Gasteiger partial charge in [-0.05, 0) is 55.9 Å². The summed E-state index contributed by atoms with van der Waals surface area (Å²) in [5.74, 6) is 0. The minimum atomic E-state index is 1.13. The van der Waals surface area contributed by atoms with Crippen molar-refractivity contribution in [1.29, 1.82) is 0 Å². The van der Waals surface area contributed by atoms with Crippen molar-refractivity contribution in [3.05, 3.63) is 108 Å². The largest absolute Gasteiger partial charge is 0.0616 e. The maximum atomic E-state index is 3.68. The zero-order valence-corrected chi connectivity index (χ0v) is 16.3. The molecule has 0 saturated carbocycles. The lowest BCUT2D eigenvalue weighted by Crippen LogP contribution is -1.85. The van der Waals surface area contributed by atoms with E-state index in [0.717, 1.165) is 4.47 Å². The minimum Gasteiger partial charge on any atom is -0.0616 e. The van der Waals surface area contributed by atoms with E-state index in [9.17, 15) is 0 Å². The summed E-state index contributed by atoms with van der Waals surface area (Å²) in [4.78, 5) is 0. The van der Waals surface area contributed by atoms with Crippen LogP contribution in [0.1, 0.15) is 0 Å². The van der Waals surface area contributed by atoms with Crippen molar-refractivity contribution in [2.45, 2.75) is 0 Å². The van der Waals surface area contributed by atoms with Crippen LogP contribution in [0.3, 0.4) is 0 Å². The molecule has 128 valence electrons. The topological polar surface area (TPSA) is 0 Å². The fraction of sp³-hybridized carbons (Fsp3) is 0. The molecule has 0 aliphatic heterocycles. The molecule has 0 radical (unpaired) electrons. The molecule has 5 rings (SSSR count). The number of fused-ring (bicyclic) bond motifs is 2. The SMILES string of the molecule is Brc1cccc2c(-c3cccc(-c4cccc5ccccc45)c3)cccc12. The van der Waals surface area contributed by atoms with E-state index >= 15 is 0 Å². The van der Waals surface area contributed by atoms with Crippen molar-refractivity contribution in [2.24, 2.45) is 0 Å². The first kappa shape index (κ1) is 16.3. The summed E-state index contributed by atoms with van der Waals surface area (Å²) in [5, 5.41) is 5.07. The average molecular weight is 409 g/mol. The molecular weight excluding hydrogens is 392 g/mol. The highest BCUT2D eigenvalue weighted by molar-refractivity contribution is 9.10. The van der Waals surface area contributed by atoms with Gasteiger partial charge >= 0.3 is 0 Å². The van der Waals surface area contributed by atoms with Crippen molar-refractivity contribution in [1.82, 2.24) is 0 Å². The minimum absolute atomic E-state index is 1.13. The van der Waals surface area contributed by atoms with Crippen LogP contribution in [-0.2, 0) is 0 Å². The van der Waals surface area contributed by atoms with E-state index in [4.69, 9.17) is 0 Å². The quantitative estimate of drug-likeness (QED) is 0.276. The van der Waals surface area contributed by atoms with Crippen LogP contribution in [0, 0.1) is 0 Å². The number of rotatable bonds is 2. The number of halogens is 1. The van der Waals surface area contributed by atoms with E-state index in [-0.39, 0.29) is 0 Å². The van der Waals surface area contributed by atoms with Crippen LogP contribution in [0.2, 0.25) is 0 Å². The first-order valence-corrected chi connectivity index (χ1v) is 9.86. The van der Waals surface area contributed by atoms with E-state index < -0.39 is 0 Å². The van der Waals surface area contributed by atoms with Crippen LogP contribution in [0.25, 0.3) is 43.8 Å². The molecule has 0 atom stereocenters. The monoisotopic (exact) mass is 408 g/mol. The van der Waals surface area contributed by atoms with Gasteiger partial charge in [-0.25, -0.2) is 0 Å². The van der Waals surface area contributed by atoms with Gasteiger partial charge in [-0.3, -0.25) is 0 Å². The molecule has 0 bridgehead atoms. The van der Waals surface area contributed by atoms with Gasteiger partial charge in [0.1, 0.15) is 0 Å². The Morgan fingerprint density at radius 1 is 0.444 bits per heavy atom. The first-order valence-electron chi connectivity index (χ1n) is 9.07. The lowest BCUT2D eigenvalue weighted by molar-refractivity contribution is 1.62. The van der Waals surface area contributed by atoms with Crippen molar-refractivity contribution in [3.63, 3.8) is 0 Å². The Bertz CT molecular complexity index is 1280. The van der Waals surface area contributed by atoms with Crippen LogP contribution in [0.15, 0.2) is 108 Å². The number of hydrogen-bond donors (Lipinski definition) is 0. The van der Waals surface area contributed by atoms with Gasteiger partial charge < -0.3 is 0 Å². The highest BCUT2D eigenvalue weighted by Crippen LogP contribution is 2.35. The summed E-state index contributed by atoms with van der Waals surface area (Å²) in [6, 6.07) is 36.8. The molecule has 1 heteroatoms. The van der Waals surface area contributed by atoms with Gasteiger partial charge in [0.25, 0.3) is 0 Å². The third kappa shape index (κ3) is 2.85. The molecule has 0 unspecified atom stereocenters. The van der Waals surface area contributed by atoms with Gasteiger partial charge in [-0.15, -0.1) is 0 Å². The van der Waals surface area contributed by atoms with Gasteiger partial charge in [-0.2, -0.15) is 0 Å². The lowest BCUT2D eigenvalue weighted by Gasteiger charge is -2.11. The summed E-state index contributed by atoms with van der Waals surface area (Å²) in [5.41, 5.74) is 5.02. The Hall–Kier alpha value is -2.90. The van der Waals surface area contributed by atoms with Crippen molar-refractivity contribution >= 4 is 37.5 Å². The van der Waals surface area contributed by atoms with Gasteiger partial charge in [-0.1, -0.05) is 107 Å². The second-order valence-corrected chi connectivity index (χ2v) is 7.60. The fourth-order valence-corrected chi connectivity index (χ4v) is 4.35. The van der Waals surface area contributed by atoms with Crippen LogP contribution in [0.4, 0.5) is 0 Å². The molecule has 0 aliphatic rings. The summed E-state index contributed by atoms with van der Waals surface area (Å²) >= 11 is 3.68.